The standard InChI is InChI=1S/C11H14Cl4O4/c1-18-11(19-2)9(14)5(3-16)6(4-17)10(11,15)8(13)7(9)12/h5-6,16-17H,3-4H2,1-2H3. The molecule has 0 aromatic rings. The number of hydrogen-bond donors (Lipinski definition) is 2. The molecule has 0 radical (unpaired) electrons. The van der Waals surface area contributed by atoms with Crippen molar-refractivity contribution >= 4 is 46.4 Å². The average Bonchev–Trinajstić information content (AvgIpc) is 2.66. The fourth-order valence-corrected chi connectivity index (χ4v) is 5.63. The number of hydrogen-bond acceptors (Lipinski definition) is 4. The highest BCUT2D eigenvalue weighted by atomic mass is 35.5. The summed E-state index contributed by atoms with van der Waals surface area (Å²) >= 11 is 25.6. The first-order valence-corrected chi connectivity index (χ1v) is 7.10. The maximum absolute atomic E-state index is 9.61. The zero-order chi connectivity index (χ0) is 14.6. The van der Waals surface area contributed by atoms with Crippen LogP contribution in [0.2, 0.25) is 0 Å². The van der Waals surface area contributed by atoms with Gasteiger partial charge < -0.3 is 19.7 Å². The monoisotopic (exact) mass is 350 g/mol. The molecule has 4 nitrogen and oxygen atoms in total. The molecule has 2 aliphatic rings. The lowest BCUT2D eigenvalue weighted by Crippen LogP contribution is -2.57. The van der Waals surface area contributed by atoms with Gasteiger partial charge in [0.25, 0.3) is 0 Å². The van der Waals surface area contributed by atoms with E-state index in [-0.39, 0.29) is 23.3 Å². The Hall–Kier alpha value is 0.740. The molecule has 1 fully saturated rings. The summed E-state index contributed by atoms with van der Waals surface area (Å²) in [5.41, 5.74) is 0. The third-order valence-electron chi connectivity index (χ3n) is 4.27. The number of aliphatic hydroxyl groups excluding tert-OH is 2. The smallest absolute Gasteiger partial charge is 0.217 e. The lowest BCUT2D eigenvalue weighted by molar-refractivity contribution is -0.221. The van der Waals surface area contributed by atoms with Gasteiger partial charge in [0.2, 0.25) is 5.79 Å². The molecule has 0 heterocycles. The van der Waals surface area contributed by atoms with Gasteiger partial charge in [0, 0.05) is 39.3 Å². The molecular weight excluding hydrogens is 338 g/mol. The fraction of sp³-hybridized carbons (Fsp3) is 0.818. The SMILES string of the molecule is COC1(OC)C2(Cl)C(Cl)=C(Cl)C1(Cl)C(CO)C2CO. The van der Waals surface area contributed by atoms with Gasteiger partial charge in [-0.05, 0) is 0 Å². The van der Waals surface area contributed by atoms with Crippen LogP contribution in [0.3, 0.4) is 0 Å². The third-order valence-corrected chi connectivity index (χ3v) is 6.97. The molecule has 0 aromatic heterocycles. The topological polar surface area (TPSA) is 58.9 Å². The highest BCUT2D eigenvalue weighted by molar-refractivity contribution is 6.52. The molecule has 2 N–H and O–H groups in total. The van der Waals surface area contributed by atoms with E-state index in [9.17, 15) is 10.2 Å². The minimum Gasteiger partial charge on any atom is -0.396 e. The van der Waals surface area contributed by atoms with Crippen molar-refractivity contribution in [2.24, 2.45) is 11.8 Å². The first kappa shape index (κ1) is 16.1. The largest absolute Gasteiger partial charge is 0.396 e. The van der Waals surface area contributed by atoms with E-state index in [2.05, 4.69) is 0 Å². The van der Waals surface area contributed by atoms with E-state index in [1.807, 2.05) is 0 Å². The van der Waals surface area contributed by atoms with Crippen molar-refractivity contribution in [1.29, 1.82) is 0 Å². The Morgan fingerprint density at radius 2 is 1.26 bits per heavy atom. The molecule has 0 spiro atoms. The van der Waals surface area contributed by atoms with Crippen LogP contribution < -0.4 is 0 Å². The van der Waals surface area contributed by atoms with Crippen LogP contribution in [-0.4, -0.2) is 53.2 Å². The zero-order valence-corrected chi connectivity index (χ0v) is 13.3. The van der Waals surface area contributed by atoms with Crippen LogP contribution in [0.5, 0.6) is 0 Å². The fourth-order valence-electron chi connectivity index (χ4n) is 3.42. The number of fused-ring (bicyclic) bond motifs is 2. The van der Waals surface area contributed by atoms with E-state index in [0.29, 0.717) is 0 Å². The van der Waals surface area contributed by atoms with Gasteiger partial charge in [-0.2, -0.15) is 0 Å². The molecule has 4 unspecified atom stereocenters. The second-order valence-corrected chi connectivity index (χ2v) is 6.60. The third kappa shape index (κ3) is 1.42. The Morgan fingerprint density at radius 1 is 0.947 bits per heavy atom. The van der Waals surface area contributed by atoms with Crippen LogP contribution in [0.25, 0.3) is 0 Å². The summed E-state index contributed by atoms with van der Waals surface area (Å²) in [7, 11) is 2.73. The highest BCUT2D eigenvalue weighted by Crippen LogP contribution is 2.73. The van der Waals surface area contributed by atoms with Gasteiger partial charge in [-0.1, -0.05) is 23.2 Å². The average molecular weight is 352 g/mol. The Balaban J connectivity index is 2.77. The van der Waals surface area contributed by atoms with E-state index in [1.54, 1.807) is 0 Å². The van der Waals surface area contributed by atoms with Crippen LogP contribution in [0.4, 0.5) is 0 Å². The van der Waals surface area contributed by atoms with E-state index >= 15 is 0 Å². The summed E-state index contributed by atoms with van der Waals surface area (Å²) in [6.07, 6.45) is 0. The number of rotatable bonds is 4. The minimum absolute atomic E-state index is 0.0817. The number of methoxy groups -OCH3 is 2. The molecule has 4 atom stereocenters. The number of alkyl halides is 2. The van der Waals surface area contributed by atoms with Gasteiger partial charge in [-0.15, -0.1) is 23.2 Å². The maximum atomic E-state index is 9.61. The Kier molecular flexibility index (Phi) is 4.15. The van der Waals surface area contributed by atoms with Crippen LogP contribution in [0.15, 0.2) is 10.1 Å². The van der Waals surface area contributed by atoms with Gasteiger partial charge in [-0.3, -0.25) is 0 Å². The summed E-state index contributed by atoms with van der Waals surface area (Å²) in [5.74, 6) is -2.85. The van der Waals surface area contributed by atoms with Gasteiger partial charge in [0.15, 0.2) is 0 Å². The highest BCUT2D eigenvalue weighted by Gasteiger charge is 2.84. The van der Waals surface area contributed by atoms with Gasteiger partial charge in [0.1, 0.15) is 9.75 Å². The van der Waals surface area contributed by atoms with E-state index in [4.69, 9.17) is 55.9 Å². The Labute approximate surface area is 131 Å². The maximum Gasteiger partial charge on any atom is 0.217 e. The molecule has 0 saturated heterocycles. The van der Waals surface area contributed by atoms with Crippen molar-refractivity contribution in [3.63, 3.8) is 0 Å². The van der Waals surface area contributed by atoms with Gasteiger partial charge in [0.05, 0.1) is 10.1 Å². The molecule has 2 bridgehead atoms. The van der Waals surface area contributed by atoms with E-state index < -0.39 is 27.4 Å². The second kappa shape index (κ2) is 4.89. The van der Waals surface area contributed by atoms with Crippen molar-refractivity contribution in [3.8, 4) is 0 Å². The molecular formula is C11H14Cl4O4. The van der Waals surface area contributed by atoms with Crippen molar-refractivity contribution in [1.82, 2.24) is 0 Å². The first-order valence-electron chi connectivity index (χ1n) is 5.59. The minimum atomic E-state index is -1.56. The summed E-state index contributed by atoms with van der Waals surface area (Å²) in [6.45, 7) is -0.671. The molecule has 110 valence electrons. The van der Waals surface area contributed by atoms with Crippen molar-refractivity contribution in [2.75, 3.05) is 27.4 Å². The quantitative estimate of drug-likeness (QED) is 0.599. The van der Waals surface area contributed by atoms with E-state index in [1.165, 1.54) is 14.2 Å². The number of ether oxygens (including phenoxy) is 2. The summed E-state index contributed by atoms with van der Waals surface area (Å²) in [5, 5.41) is 19.4. The molecule has 19 heavy (non-hydrogen) atoms. The Morgan fingerprint density at radius 3 is 1.47 bits per heavy atom. The predicted octanol–water partition coefficient (Wildman–Crippen LogP) is 1.86. The number of halogens is 4. The predicted molar refractivity (Wildman–Crippen MR) is 73.8 cm³/mol. The van der Waals surface area contributed by atoms with Gasteiger partial charge in [-0.25, -0.2) is 0 Å². The summed E-state index contributed by atoms with van der Waals surface area (Å²) in [6, 6.07) is 0. The second-order valence-electron chi connectivity index (χ2n) is 4.65. The van der Waals surface area contributed by atoms with Gasteiger partial charge >= 0.3 is 0 Å². The Bertz CT molecular complexity index is 391. The van der Waals surface area contributed by atoms with Crippen molar-refractivity contribution in [3.05, 3.63) is 10.1 Å². The normalized spacial score (nSPS) is 44.2. The van der Waals surface area contributed by atoms with Crippen LogP contribution >= 0.6 is 46.4 Å². The van der Waals surface area contributed by atoms with Crippen LogP contribution in [-0.2, 0) is 9.47 Å². The first-order chi connectivity index (χ1) is 8.83. The summed E-state index contributed by atoms with van der Waals surface area (Å²) in [4.78, 5) is -2.89. The van der Waals surface area contributed by atoms with Crippen molar-refractivity contribution < 1.29 is 19.7 Å². The molecule has 0 aliphatic heterocycles. The lowest BCUT2D eigenvalue weighted by Gasteiger charge is -2.41. The summed E-state index contributed by atoms with van der Waals surface area (Å²) < 4.78 is 10.9. The van der Waals surface area contributed by atoms with Crippen LogP contribution in [0.1, 0.15) is 0 Å². The molecule has 1 saturated carbocycles. The zero-order valence-electron chi connectivity index (χ0n) is 10.3. The molecule has 0 aromatic carbocycles. The van der Waals surface area contributed by atoms with Crippen LogP contribution in [0, 0.1) is 11.8 Å². The molecule has 2 aliphatic carbocycles. The molecule has 2 rings (SSSR count). The molecule has 8 heteroatoms. The molecule has 0 amide bonds. The lowest BCUT2D eigenvalue weighted by atomic mass is 9.83. The van der Waals surface area contributed by atoms with Crippen molar-refractivity contribution in [2.45, 2.75) is 15.5 Å². The number of aliphatic hydroxyl groups is 2. The van der Waals surface area contributed by atoms with E-state index in [0.717, 1.165) is 0 Å².